The predicted octanol–water partition coefficient (Wildman–Crippen LogP) is 4.19. The van der Waals surface area contributed by atoms with Crippen LogP contribution >= 0.6 is 0 Å². The van der Waals surface area contributed by atoms with E-state index in [-0.39, 0.29) is 11.4 Å². The van der Waals surface area contributed by atoms with Gasteiger partial charge in [-0.05, 0) is 67.8 Å². The Balaban J connectivity index is 2.16. The minimum absolute atomic E-state index is 0.0569. The number of benzene rings is 2. The molecule has 0 atom stereocenters. The topological polar surface area (TPSA) is 55.8 Å². The lowest BCUT2D eigenvalue weighted by Gasteiger charge is -2.22. The molecule has 3 rings (SSSR count). The van der Waals surface area contributed by atoms with E-state index in [0.29, 0.717) is 11.4 Å². The molecule has 0 radical (unpaired) electrons. The molecule has 0 saturated heterocycles. The Labute approximate surface area is 164 Å². The lowest BCUT2D eigenvalue weighted by Crippen LogP contribution is -2.18. The zero-order chi connectivity index (χ0) is 20.4. The van der Waals surface area contributed by atoms with E-state index in [1.54, 1.807) is 20.1 Å². The zero-order valence-electron chi connectivity index (χ0n) is 16.7. The molecular formula is C23H23NO4. The van der Waals surface area contributed by atoms with Crippen LogP contribution in [0.2, 0.25) is 0 Å². The summed E-state index contributed by atoms with van der Waals surface area (Å²) in [7, 11) is 2.88. The van der Waals surface area contributed by atoms with Crippen molar-refractivity contribution in [2.24, 2.45) is 0 Å². The molecule has 0 bridgehead atoms. The van der Waals surface area contributed by atoms with Gasteiger partial charge in [-0.3, -0.25) is 4.79 Å². The van der Waals surface area contributed by atoms with E-state index in [1.807, 2.05) is 55.1 Å². The SMILES string of the molecule is COC(=O)C1=C(C)N(c2cc(C)cc(C)c2)/C(=C/c2ccc(OC)cc2)C1=O. The number of hydrogen-bond donors (Lipinski definition) is 0. The molecule has 0 aromatic heterocycles. The minimum Gasteiger partial charge on any atom is -0.497 e. The van der Waals surface area contributed by atoms with Crippen LogP contribution in [-0.2, 0) is 14.3 Å². The summed E-state index contributed by atoms with van der Waals surface area (Å²) in [5.41, 5.74) is 4.84. The summed E-state index contributed by atoms with van der Waals surface area (Å²) < 4.78 is 10.0. The summed E-state index contributed by atoms with van der Waals surface area (Å²) in [4.78, 5) is 27.2. The largest absolute Gasteiger partial charge is 0.497 e. The Morgan fingerprint density at radius 3 is 2.11 bits per heavy atom. The summed E-state index contributed by atoms with van der Waals surface area (Å²) in [6.07, 6.45) is 1.78. The molecule has 2 aromatic rings. The summed E-state index contributed by atoms with van der Waals surface area (Å²) in [6, 6.07) is 13.4. The molecule has 0 saturated carbocycles. The third-order valence-corrected chi connectivity index (χ3v) is 4.67. The summed E-state index contributed by atoms with van der Waals surface area (Å²) in [5, 5.41) is 0. The fraction of sp³-hybridized carbons (Fsp3) is 0.217. The van der Waals surface area contributed by atoms with E-state index in [1.165, 1.54) is 7.11 Å². The second-order valence-electron chi connectivity index (χ2n) is 6.77. The molecule has 0 N–H and O–H groups in total. The molecule has 0 unspecified atom stereocenters. The van der Waals surface area contributed by atoms with Gasteiger partial charge >= 0.3 is 5.97 Å². The Morgan fingerprint density at radius 2 is 1.57 bits per heavy atom. The number of carbonyl (C=O) groups is 2. The molecule has 0 fully saturated rings. The molecule has 144 valence electrons. The maximum Gasteiger partial charge on any atom is 0.343 e. The first-order chi connectivity index (χ1) is 13.3. The van der Waals surface area contributed by atoms with Gasteiger partial charge in [0.15, 0.2) is 0 Å². The second kappa shape index (κ2) is 7.72. The van der Waals surface area contributed by atoms with Gasteiger partial charge in [-0.1, -0.05) is 18.2 Å². The van der Waals surface area contributed by atoms with Gasteiger partial charge in [0, 0.05) is 11.4 Å². The molecule has 2 aromatic carbocycles. The average Bonchev–Trinajstić information content (AvgIpc) is 2.91. The van der Waals surface area contributed by atoms with Gasteiger partial charge in [0.1, 0.15) is 11.3 Å². The molecule has 0 aliphatic carbocycles. The van der Waals surface area contributed by atoms with Crippen molar-refractivity contribution in [1.29, 1.82) is 0 Å². The number of nitrogens with zero attached hydrogens (tertiary/aromatic N) is 1. The fourth-order valence-electron chi connectivity index (χ4n) is 3.43. The highest BCUT2D eigenvalue weighted by molar-refractivity contribution is 6.30. The first kappa shape index (κ1) is 19.4. The van der Waals surface area contributed by atoms with Crippen LogP contribution in [0.1, 0.15) is 23.6 Å². The number of esters is 1. The number of hydrogen-bond acceptors (Lipinski definition) is 5. The maximum atomic E-state index is 13.1. The number of allylic oxidation sites excluding steroid dienone is 2. The van der Waals surface area contributed by atoms with E-state index in [9.17, 15) is 9.59 Å². The zero-order valence-corrected chi connectivity index (χ0v) is 16.7. The van der Waals surface area contributed by atoms with Gasteiger partial charge in [-0.2, -0.15) is 0 Å². The molecule has 1 heterocycles. The third kappa shape index (κ3) is 3.56. The lowest BCUT2D eigenvalue weighted by molar-refractivity contribution is -0.137. The van der Waals surface area contributed by atoms with Crippen molar-refractivity contribution in [2.45, 2.75) is 20.8 Å². The first-order valence-electron chi connectivity index (χ1n) is 8.93. The van der Waals surface area contributed by atoms with Gasteiger partial charge in [0.05, 0.1) is 19.9 Å². The van der Waals surface area contributed by atoms with Gasteiger partial charge in [0.25, 0.3) is 0 Å². The number of aryl methyl sites for hydroxylation is 2. The lowest BCUT2D eigenvalue weighted by atomic mass is 10.1. The number of ketones is 1. The van der Waals surface area contributed by atoms with Crippen LogP contribution in [0.5, 0.6) is 5.75 Å². The van der Waals surface area contributed by atoms with Crippen molar-refractivity contribution < 1.29 is 19.1 Å². The van der Waals surface area contributed by atoms with Crippen molar-refractivity contribution in [2.75, 3.05) is 19.1 Å². The van der Waals surface area contributed by atoms with Gasteiger partial charge in [0.2, 0.25) is 5.78 Å². The minimum atomic E-state index is -0.630. The molecule has 28 heavy (non-hydrogen) atoms. The van der Waals surface area contributed by atoms with Crippen molar-refractivity contribution in [3.05, 3.63) is 76.1 Å². The molecule has 5 nitrogen and oxygen atoms in total. The number of carbonyl (C=O) groups excluding carboxylic acids is 2. The standard InChI is InChI=1S/C23H23NO4/c1-14-10-15(2)12-18(11-14)24-16(3)21(23(26)28-5)22(25)20(24)13-17-6-8-19(27-4)9-7-17/h6-13H,1-5H3/b20-13+. The molecule has 5 heteroatoms. The van der Waals surface area contributed by atoms with E-state index in [0.717, 1.165) is 28.1 Å². The smallest absolute Gasteiger partial charge is 0.343 e. The van der Waals surface area contributed by atoms with Crippen LogP contribution in [-0.4, -0.2) is 26.0 Å². The number of rotatable bonds is 4. The van der Waals surface area contributed by atoms with Gasteiger partial charge in [-0.15, -0.1) is 0 Å². The summed E-state index contributed by atoms with van der Waals surface area (Å²) in [5.74, 6) is -0.245. The fourth-order valence-corrected chi connectivity index (χ4v) is 3.43. The molecule has 1 aliphatic rings. The number of methoxy groups -OCH3 is 2. The van der Waals surface area contributed by atoms with E-state index < -0.39 is 5.97 Å². The molecular weight excluding hydrogens is 354 g/mol. The Bertz CT molecular complexity index is 980. The number of ether oxygens (including phenoxy) is 2. The highest BCUT2D eigenvalue weighted by Crippen LogP contribution is 2.36. The van der Waals surface area contributed by atoms with E-state index in [4.69, 9.17) is 9.47 Å². The van der Waals surface area contributed by atoms with Crippen LogP contribution in [0.25, 0.3) is 6.08 Å². The van der Waals surface area contributed by atoms with Crippen molar-refractivity contribution in [1.82, 2.24) is 0 Å². The summed E-state index contributed by atoms with van der Waals surface area (Å²) >= 11 is 0. The first-order valence-corrected chi connectivity index (χ1v) is 8.93. The van der Waals surface area contributed by atoms with Crippen LogP contribution < -0.4 is 9.64 Å². The molecule has 0 spiro atoms. The Kier molecular flexibility index (Phi) is 5.36. The van der Waals surface area contributed by atoms with Gasteiger partial charge < -0.3 is 14.4 Å². The Hall–Kier alpha value is -3.34. The highest BCUT2D eigenvalue weighted by Gasteiger charge is 2.38. The van der Waals surface area contributed by atoms with Crippen molar-refractivity contribution in [3.8, 4) is 5.75 Å². The molecule has 1 aliphatic heterocycles. The monoisotopic (exact) mass is 377 g/mol. The van der Waals surface area contributed by atoms with Crippen LogP contribution in [0.4, 0.5) is 5.69 Å². The van der Waals surface area contributed by atoms with Crippen LogP contribution in [0, 0.1) is 13.8 Å². The second-order valence-corrected chi connectivity index (χ2v) is 6.77. The van der Waals surface area contributed by atoms with Crippen LogP contribution in [0.3, 0.4) is 0 Å². The van der Waals surface area contributed by atoms with E-state index in [2.05, 4.69) is 6.07 Å². The summed E-state index contributed by atoms with van der Waals surface area (Å²) in [6.45, 7) is 5.76. The quantitative estimate of drug-likeness (QED) is 0.454. The van der Waals surface area contributed by atoms with E-state index >= 15 is 0 Å². The van der Waals surface area contributed by atoms with Gasteiger partial charge in [-0.25, -0.2) is 4.79 Å². The van der Waals surface area contributed by atoms with Crippen molar-refractivity contribution >= 4 is 23.5 Å². The normalized spacial score (nSPS) is 15.4. The third-order valence-electron chi connectivity index (χ3n) is 4.67. The predicted molar refractivity (Wildman–Crippen MR) is 109 cm³/mol. The molecule has 0 amide bonds. The maximum absolute atomic E-state index is 13.1. The number of Topliss-reactive ketones (excluding diaryl/α,β-unsaturated/α-hetero) is 1. The number of anilines is 1. The highest BCUT2D eigenvalue weighted by atomic mass is 16.5. The van der Waals surface area contributed by atoms with Crippen molar-refractivity contribution in [3.63, 3.8) is 0 Å². The Morgan fingerprint density at radius 1 is 0.964 bits per heavy atom. The average molecular weight is 377 g/mol. The van der Waals surface area contributed by atoms with Crippen LogP contribution in [0.15, 0.2) is 59.4 Å².